The SMILES string of the molecule is C[C@@H](NCc1cccc2c1OCO2)c1nnc2n1CCCCC2. The van der Waals surface area contributed by atoms with Crippen molar-refractivity contribution < 1.29 is 9.47 Å². The molecular weight excluding hydrogens is 292 g/mol. The van der Waals surface area contributed by atoms with Crippen molar-refractivity contribution in [2.45, 2.75) is 51.7 Å². The molecular formula is C17H22N4O2. The first-order valence-electron chi connectivity index (χ1n) is 8.36. The van der Waals surface area contributed by atoms with Gasteiger partial charge in [-0.2, -0.15) is 0 Å². The molecule has 2 aliphatic rings. The van der Waals surface area contributed by atoms with Gasteiger partial charge in [0.1, 0.15) is 11.6 Å². The van der Waals surface area contributed by atoms with Gasteiger partial charge in [0.25, 0.3) is 0 Å². The van der Waals surface area contributed by atoms with Crippen LogP contribution in [0.3, 0.4) is 0 Å². The highest BCUT2D eigenvalue weighted by molar-refractivity contribution is 5.48. The van der Waals surface area contributed by atoms with E-state index in [9.17, 15) is 0 Å². The third-order valence-corrected chi connectivity index (χ3v) is 4.60. The number of hydrogen-bond donors (Lipinski definition) is 1. The molecule has 2 aliphatic heterocycles. The summed E-state index contributed by atoms with van der Waals surface area (Å²) < 4.78 is 13.3. The van der Waals surface area contributed by atoms with Gasteiger partial charge < -0.3 is 19.4 Å². The van der Waals surface area contributed by atoms with Crippen LogP contribution in [-0.2, 0) is 19.5 Å². The number of aromatic nitrogens is 3. The van der Waals surface area contributed by atoms with Crippen molar-refractivity contribution >= 4 is 0 Å². The van der Waals surface area contributed by atoms with Gasteiger partial charge in [0.05, 0.1) is 6.04 Å². The molecule has 0 fully saturated rings. The molecule has 2 aromatic rings. The molecule has 23 heavy (non-hydrogen) atoms. The fourth-order valence-corrected chi connectivity index (χ4v) is 3.31. The van der Waals surface area contributed by atoms with Gasteiger partial charge in [-0.15, -0.1) is 10.2 Å². The Hall–Kier alpha value is -2.08. The second-order valence-electron chi connectivity index (χ2n) is 6.19. The summed E-state index contributed by atoms with van der Waals surface area (Å²) in [6.07, 6.45) is 4.74. The van der Waals surface area contributed by atoms with E-state index in [4.69, 9.17) is 9.47 Å². The van der Waals surface area contributed by atoms with Crippen molar-refractivity contribution in [2.24, 2.45) is 0 Å². The first-order valence-corrected chi connectivity index (χ1v) is 8.36. The van der Waals surface area contributed by atoms with Crippen LogP contribution in [0, 0.1) is 0 Å². The summed E-state index contributed by atoms with van der Waals surface area (Å²) in [5.74, 6) is 3.84. The van der Waals surface area contributed by atoms with E-state index in [2.05, 4.69) is 33.1 Å². The Labute approximate surface area is 135 Å². The maximum Gasteiger partial charge on any atom is 0.231 e. The fraction of sp³-hybridized carbons (Fsp3) is 0.529. The molecule has 1 aromatic heterocycles. The van der Waals surface area contributed by atoms with Gasteiger partial charge in [0.2, 0.25) is 6.79 Å². The van der Waals surface area contributed by atoms with Crippen LogP contribution in [0.25, 0.3) is 0 Å². The molecule has 0 spiro atoms. The molecule has 0 unspecified atom stereocenters. The van der Waals surface area contributed by atoms with Gasteiger partial charge in [-0.3, -0.25) is 0 Å². The van der Waals surface area contributed by atoms with Gasteiger partial charge in [0.15, 0.2) is 11.5 Å². The number of nitrogens with zero attached hydrogens (tertiary/aromatic N) is 3. The topological polar surface area (TPSA) is 61.2 Å². The Bertz CT molecular complexity index is 698. The van der Waals surface area contributed by atoms with Crippen LogP contribution >= 0.6 is 0 Å². The highest BCUT2D eigenvalue weighted by atomic mass is 16.7. The van der Waals surface area contributed by atoms with Crippen molar-refractivity contribution in [3.8, 4) is 11.5 Å². The summed E-state index contributed by atoms with van der Waals surface area (Å²) in [6, 6.07) is 6.15. The smallest absolute Gasteiger partial charge is 0.231 e. The van der Waals surface area contributed by atoms with E-state index in [0.29, 0.717) is 6.79 Å². The second kappa shape index (κ2) is 6.20. The van der Waals surface area contributed by atoms with E-state index in [1.165, 1.54) is 19.3 Å². The molecule has 1 atom stereocenters. The Kier molecular flexibility index (Phi) is 3.91. The number of rotatable bonds is 4. The number of nitrogens with one attached hydrogen (secondary N) is 1. The number of ether oxygens (including phenoxy) is 2. The van der Waals surface area contributed by atoms with Crippen molar-refractivity contribution in [2.75, 3.05) is 6.79 Å². The van der Waals surface area contributed by atoms with Gasteiger partial charge in [-0.25, -0.2) is 0 Å². The molecule has 1 aromatic carbocycles. The summed E-state index contributed by atoms with van der Waals surface area (Å²) in [5.41, 5.74) is 1.11. The van der Waals surface area contributed by atoms with Crippen LogP contribution in [0.1, 0.15) is 49.4 Å². The van der Waals surface area contributed by atoms with Crippen LogP contribution in [0.2, 0.25) is 0 Å². The number of benzene rings is 1. The molecule has 0 saturated carbocycles. The minimum atomic E-state index is 0.146. The molecule has 3 heterocycles. The molecule has 0 aliphatic carbocycles. The van der Waals surface area contributed by atoms with Crippen LogP contribution in [-0.4, -0.2) is 21.6 Å². The summed E-state index contributed by atoms with van der Waals surface area (Å²) in [4.78, 5) is 0. The quantitative estimate of drug-likeness (QED) is 0.940. The molecule has 1 N–H and O–H groups in total. The third-order valence-electron chi connectivity index (χ3n) is 4.60. The number of aryl methyl sites for hydroxylation is 1. The summed E-state index contributed by atoms with van der Waals surface area (Å²) in [6.45, 7) is 4.19. The molecule has 6 heteroatoms. The summed E-state index contributed by atoms with van der Waals surface area (Å²) >= 11 is 0. The molecule has 0 radical (unpaired) electrons. The van der Waals surface area contributed by atoms with E-state index in [1.54, 1.807) is 0 Å². The normalized spacial score (nSPS) is 17.6. The molecule has 0 saturated heterocycles. The average molecular weight is 314 g/mol. The fourth-order valence-electron chi connectivity index (χ4n) is 3.31. The van der Waals surface area contributed by atoms with Crippen LogP contribution in [0.5, 0.6) is 11.5 Å². The number of para-hydroxylation sites is 1. The standard InChI is InChI=1S/C17H22N4O2/c1-12(17-20-19-15-8-3-2-4-9-21(15)17)18-10-13-6-5-7-14-16(13)23-11-22-14/h5-7,12,18H,2-4,8-11H2,1H3/t12-/m1/s1. The van der Waals surface area contributed by atoms with Gasteiger partial charge >= 0.3 is 0 Å². The Morgan fingerprint density at radius 2 is 2.17 bits per heavy atom. The van der Waals surface area contributed by atoms with Gasteiger partial charge in [0, 0.05) is 25.1 Å². The van der Waals surface area contributed by atoms with Gasteiger partial charge in [-0.1, -0.05) is 18.6 Å². The molecule has 122 valence electrons. The van der Waals surface area contributed by atoms with E-state index < -0.39 is 0 Å². The Balaban J connectivity index is 1.48. The maximum atomic E-state index is 5.56. The van der Waals surface area contributed by atoms with Crippen molar-refractivity contribution in [1.82, 2.24) is 20.1 Å². The van der Waals surface area contributed by atoms with Crippen molar-refractivity contribution in [1.29, 1.82) is 0 Å². The highest BCUT2D eigenvalue weighted by Gasteiger charge is 2.21. The van der Waals surface area contributed by atoms with E-state index in [0.717, 1.165) is 48.2 Å². The number of hydrogen-bond acceptors (Lipinski definition) is 5. The van der Waals surface area contributed by atoms with Crippen molar-refractivity contribution in [3.63, 3.8) is 0 Å². The van der Waals surface area contributed by atoms with Crippen LogP contribution in [0.15, 0.2) is 18.2 Å². The first-order chi connectivity index (χ1) is 11.3. The third kappa shape index (κ3) is 2.79. The van der Waals surface area contributed by atoms with Crippen LogP contribution in [0.4, 0.5) is 0 Å². The zero-order valence-electron chi connectivity index (χ0n) is 13.4. The first kappa shape index (κ1) is 14.5. The summed E-state index contributed by atoms with van der Waals surface area (Å²) in [5, 5.41) is 12.3. The second-order valence-corrected chi connectivity index (χ2v) is 6.19. The Morgan fingerprint density at radius 1 is 1.22 bits per heavy atom. The largest absolute Gasteiger partial charge is 0.454 e. The maximum absolute atomic E-state index is 5.56. The van der Waals surface area contributed by atoms with E-state index in [1.807, 2.05) is 12.1 Å². The molecule has 6 nitrogen and oxygen atoms in total. The highest BCUT2D eigenvalue weighted by Crippen LogP contribution is 2.35. The average Bonchev–Trinajstić information content (AvgIpc) is 3.14. The van der Waals surface area contributed by atoms with Gasteiger partial charge in [-0.05, 0) is 25.8 Å². The van der Waals surface area contributed by atoms with E-state index in [-0.39, 0.29) is 6.04 Å². The minimum Gasteiger partial charge on any atom is -0.454 e. The predicted octanol–water partition coefficient (Wildman–Crippen LogP) is 2.58. The van der Waals surface area contributed by atoms with Crippen molar-refractivity contribution in [3.05, 3.63) is 35.4 Å². The predicted molar refractivity (Wildman–Crippen MR) is 85.4 cm³/mol. The van der Waals surface area contributed by atoms with Crippen LogP contribution < -0.4 is 14.8 Å². The molecule has 4 rings (SSSR count). The number of fused-ring (bicyclic) bond motifs is 2. The lowest BCUT2D eigenvalue weighted by Gasteiger charge is -2.16. The lowest BCUT2D eigenvalue weighted by molar-refractivity contribution is 0.173. The lowest BCUT2D eigenvalue weighted by atomic mass is 10.1. The lowest BCUT2D eigenvalue weighted by Crippen LogP contribution is -2.22. The molecule has 0 amide bonds. The monoisotopic (exact) mass is 314 g/mol. The summed E-state index contributed by atoms with van der Waals surface area (Å²) in [7, 11) is 0. The zero-order valence-corrected chi connectivity index (χ0v) is 13.4. The van der Waals surface area contributed by atoms with E-state index >= 15 is 0 Å². The minimum absolute atomic E-state index is 0.146. The zero-order chi connectivity index (χ0) is 15.6. The Morgan fingerprint density at radius 3 is 3.13 bits per heavy atom. The molecule has 0 bridgehead atoms.